The Morgan fingerprint density at radius 3 is 2.11 bits per heavy atom. The molecule has 2 heterocycles. The maximum Gasteiger partial charge on any atom is 0.321 e. The van der Waals surface area contributed by atoms with Gasteiger partial charge in [0, 0.05) is 43.0 Å². The first-order valence-corrected chi connectivity index (χ1v) is 12.2. The van der Waals surface area contributed by atoms with Crippen molar-refractivity contribution in [2.45, 2.75) is 0 Å². The lowest BCUT2D eigenvalue weighted by atomic mass is 10.1. The van der Waals surface area contributed by atoms with Gasteiger partial charge in [-0.3, -0.25) is 14.9 Å². The lowest BCUT2D eigenvalue weighted by molar-refractivity contribution is 0.0671. The first kappa shape index (κ1) is 23.4. The summed E-state index contributed by atoms with van der Waals surface area (Å²) in [5.41, 5.74) is 2.22. The molecule has 1 fully saturated rings. The highest BCUT2D eigenvalue weighted by molar-refractivity contribution is 7.22. The van der Waals surface area contributed by atoms with Gasteiger partial charge in [-0.25, -0.2) is 14.2 Å². The van der Waals surface area contributed by atoms with E-state index in [1.165, 1.54) is 35.6 Å². The molecule has 36 heavy (non-hydrogen) atoms. The van der Waals surface area contributed by atoms with Gasteiger partial charge in [0.15, 0.2) is 5.13 Å². The maximum atomic E-state index is 13.0. The molecule has 1 aliphatic heterocycles. The number of hydrogen-bond donors (Lipinski definition) is 2. The number of anilines is 2. The Kier molecular flexibility index (Phi) is 6.59. The van der Waals surface area contributed by atoms with Crippen LogP contribution in [0, 0.1) is 5.82 Å². The summed E-state index contributed by atoms with van der Waals surface area (Å²) in [6.45, 7) is 1.52. The molecular formula is C26H22FN5O3S. The molecule has 1 aromatic heterocycles. The Morgan fingerprint density at radius 2 is 1.42 bits per heavy atom. The van der Waals surface area contributed by atoms with E-state index >= 15 is 0 Å². The second kappa shape index (κ2) is 10.1. The number of piperazine rings is 1. The van der Waals surface area contributed by atoms with Crippen LogP contribution in [0.3, 0.4) is 0 Å². The average Bonchev–Trinajstić information content (AvgIpc) is 3.32. The molecule has 10 heteroatoms. The fraction of sp³-hybridized carbons (Fsp3) is 0.154. The number of rotatable bonds is 4. The zero-order chi connectivity index (χ0) is 25.1. The van der Waals surface area contributed by atoms with E-state index in [-0.39, 0.29) is 23.7 Å². The van der Waals surface area contributed by atoms with Crippen LogP contribution in [-0.2, 0) is 0 Å². The number of thiazole rings is 1. The third kappa shape index (κ3) is 5.18. The fourth-order valence-electron chi connectivity index (χ4n) is 3.89. The number of fused-ring (bicyclic) bond motifs is 1. The van der Waals surface area contributed by atoms with Crippen LogP contribution in [0.5, 0.6) is 0 Å². The number of carbonyl (C=O) groups is 3. The summed E-state index contributed by atoms with van der Waals surface area (Å²) in [5.74, 6) is -0.831. The van der Waals surface area contributed by atoms with Crippen molar-refractivity contribution < 1.29 is 18.8 Å². The molecule has 3 aromatic carbocycles. The van der Waals surface area contributed by atoms with E-state index in [1.807, 2.05) is 24.3 Å². The third-order valence-electron chi connectivity index (χ3n) is 5.86. The van der Waals surface area contributed by atoms with Gasteiger partial charge in [0.1, 0.15) is 5.82 Å². The molecule has 0 saturated carbocycles. The molecule has 2 N–H and O–H groups in total. The molecule has 4 amide bonds. The third-order valence-corrected chi connectivity index (χ3v) is 6.81. The molecule has 182 valence electrons. The van der Waals surface area contributed by atoms with Crippen LogP contribution >= 0.6 is 11.3 Å². The smallest absolute Gasteiger partial charge is 0.321 e. The van der Waals surface area contributed by atoms with Crippen LogP contribution in [0.4, 0.5) is 20.0 Å². The molecule has 4 aromatic rings. The summed E-state index contributed by atoms with van der Waals surface area (Å²) in [6, 6.07) is 19.4. The minimum Gasteiger partial charge on any atom is -0.335 e. The van der Waals surface area contributed by atoms with Crippen molar-refractivity contribution in [3.63, 3.8) is 0 Å². The zero-order valence-corrected chi connectivity index (χ0v) is 19.9. The predicted octanol–water partition coefficient (Wildman–Crippen LogP) is 4.68. The number of urea groups is 1. The largest absolute Gasteiger partial charge is 0.335 e. The number of benzene rings is 3. The minimum absolute atomic E-state index is 0.160. The Balaban J connectivity index is 1.14. The van der Waals surface area contributed by atoms with Crippen LogP contribution in [0.15, 0.2) is 72.8 Å². The number of hydrogen-bond acceptors (Lipinski definition) is 5. The highest BCUT2D eigenvalue weighted by Crippen LogP contribution is 2.25. The highest BCUT2D eigenvalue weighted by atomic mass is 32.1. The first-order chi connectivity index (χ1) is 17.5. The number of aromatic nitrogens is 1. The standard InChI is InChI=1S/C26H22FN5O3S/c27-19-9-11-20(12-10-19)28-26(35)32-15-13-31(14-16-32)24(34)18-7-5-17(6-8-18)23(33)30-25-29-21-3-1-2-4-22(21)36-25/h1-12H,13-16H2,(H,28,35)(H,29,30,33). The average molecular weight is 504 g/mol. The van der Waals surface area contributed by atoms with Gasteiger partial charge in [0.2, 0.25) is 0 Å². The lowest BCUT2D eigenvalue weighted by Crippen LogP contribution is -2.51. The summed E-state index contributed by atoms with van der Waals surface area (Å²) in [7, 11) is 0. The predicted molar refractivity (Wildman–Crippen MR) is 137 cm³/mol. The maximum absolute atomic E-state index is 13.0. The number of nitrogens with zero attached hydrogens (tertiary/aromatic N) is 3. The van der Waals surface area contributed by atoms with E-state index in [1.54, 1.807) is 34.1 Å². The molecule has 0 bridgehead atoms. The van der Waals surface area contributed by atoms with Crippen LogP contribution in [0.2, 0.25) is 0 Å². The lowest BCUT2D eigenvalue weighted by Gasteiger charge is -2.34. The molecule has 0 unspecified atom stereocenters. The molecule has 8 nitrogen and oxygen atoms in total. The van der Waals surface area contributed by atoms with E-state index in [2.05, 4.69) is 15.6 Å². The topological polar surface area (TPSA) is 94.6 Å². The van der Waals surface area contributed by atoms with Crippen LogP contribution in [0.25, 0.3) is 10.2 Å². The number of amides is 4. The zero-order valence-electron chi connectivity index (χ0n) is 19.1. The Hall–Kier alpha value is -4.31. The molecular weight excluding hydrogens is 481 g/mol. The van der Waals surface area contributed by atoms with Crippen molar-refractivity contribution >= 4 is 50.2 Å². The quantitative estimate of drug-likeness (QED) is 0.423. The van der Waals surface area contributed by atoms with Crippen molar-refractivity contribution in [1.29, 1.82) is 0 Å². The molecule has 1 saturated heterocycles. The van der Waals surface area contributed by atoms with Gasteiger partial charge >= 0.3 is 6.03 Å². The van der Waals surface area contributed by atoms with Gasteiger partial charge in [0.05, 0.1) is 10.2 Å². The number of halogens is 1. The molecule has 0 atom stereocenters. The van der Waals surface area contributed by atoms with Crippen molar-refractivity contribution in [2.24, 2.45) is 0 Å². The van der Waals surface area contributed by atoms with E-state index in [0.717, 1.165) is 10.2 Å². The molecule has 5 rings (SSSR count). The summed E-state index contributed by atoms with van der Waals surface area (Å²) in [4.78, 5) is 45.7. The fourth-order valence-corrected chi connectivity index (χ4v) is 4.75. The van der Waals surface area contributed by atoms with Crippen LogP contribution < -0.4 is 10.6 Å². The van der Waals surface area contributed by atoms with Gasteiger partial charge in [-0.2, -0.15) is 0 Å². The highest BCUT2D eigenvalue weighted by Gasteiger charge is 2.25. The van der Waals surface area contributed by atoms with E-state index in [4.69, 9.17) is 0 Å². The SMILES string of the molecule is O=C(Nc1nc2ccccc2s1)c1ccc(C(=O)N2CCN(C(=O)Nc3ccc(F)cc3)CC2)cc1. The summed E-state index contributed by atoms with van der Waals surface area (Å²) in [5, 5.41) is 6.05. The normalized spacial score (nSPS) is 13.5. The minimum atomic E-state index is -0.373. The Labute approximate surface area is 210 Å². The van der Waals surface area contributed by atoms with E-state index in [9.17, 15) is 18.8 Å². The van der Waals surface area contributed by atoms with E-state index < -0.39 is 0 Å². The Bertz CT molecular complexity index is 1380. The van der Waals surface area contributed by atoms with Gasteiger partial charge in [-0.1, -0.05) is 23.5 Å². The summed E-state index contributed by atoms with van der Waals surface area (Å²) in [6.07, 6.45) is 0. The van der Waals surface area contributed by atoms with Gasteiger partial charge < -0.3 is 15.1 Å². The molecule has 0 aliphatic carbocycles. The molecule has 0 spiro atoms. The second-order valence-corrected chi connectivity index (χ2v) is 9.27. The van der Waals surface area contributed by atoms with Gasteiger partial charge in [-0.05, 0) is 60.7 Å². The van der Waals surface area contributed by atoms with Crippen molar-refractivity contribution in [1.82, 2.24) is 14.8 Å². The van der Waals surface area contributed by atoms with Gasteiger partial charge in [-0.15, -0.1) is 0 Å². The van der Waals surface area contributed by atoms with E-state index in [0.29, 0.717) is 48.1 Å². The van der Waals surface area contributed by atoms with Crippen molar-refractivity contribution in [2.75, 3.05) is 36.8 Å². The summed E-state index contributed by atoms with van der Waals surface area (Å²) >= 11 is 1.40. The number of carbonyl (C=O) groups excluding carboxylic acids is 3. The monoisotopic (exact) mass is 503 g/mol. The summed E-state index contributed by atoms with van der Waals surface area (Å²) < 4.78 is 14.0. The molecule has 0 radical (unpaired) electrons. The van der Waals surface area contributed by atoms with Crippen molar-refractivity contribution in [3.05, 3.63) is 89.7 Å². The molecule has 1 aliphatic rings. The number of para-hydroxylation sites is 1. The first-order valence-electron chi connectivity index (χ1n) is 11.3. The van der Waals surface area contributed by atoms with Gasteiger partial charge in [0.25, 0.3) is 11.8 Å². The Morgan fingerprint density at radius 1 is 0.778 bits per heavy atom. The second-order valence-electron chi connectivity index (χ2n) is 8.23. The van der Waals surface area contributed by atoms with Crippen molar-refractivity contribution in [3.8, 4) is 0 Å². The number of nitrogens with one attached hydrogen (secondary N) is 2. The van der Waals surface area contributed by atoms with Crippen LogP contribution in [-0.4, -0.2) is 58.8 Å². The van der Waals surface area contributed by atoms with Crippen LogP contribution in [0.1, 0.15) is 20.7 Å².